The summed E-state index contributed by atoms with van der Waals surface area (Å²) in [7, 11) is 1.68. The van der Waals surface area contributed by atoms with Crippen molar-refractivity contribution in [2.45, 2.75) is 71.9 Å². The predicted octanol–water partition coefficient (Wildman–Crippen LogP) is 5.53. The minimum atomic E-state index is 0. The van der Waals surface area contributed by atoms with E-state index in [1.54, 1.807) is 7.11 Å². The molecular formula is C15H46O3. The molecule has 0 aromatic carbocycles. The second-order valence-electron chi connectivity index (χ2n) is 2.32. The van der Waals surface area contributed by atoms with Gasteiger partial charge in [0, 0.05) is 13.7 Å². The summed E-state index contributed by atoms with van der Waals surface area (Å²) in [5, 5.41) is 0. The summed E-state index contributed by atoms with van der Waals surface area (Å²) in [5.41, 5.74) is 0. The second-order valence-corrected chi connectivity index (χ2v) is 2.32. The molecule has 0 saturated carbocycles. The Kier molecular flexibility index (Phi) is 126. The summed E-state index contributed by atoms with van der Waals surface area (Å²) in [6, 6.07) is 0. The van der Waals surface area contributed by atoms with Crippen LogP contribution in [0.3, 0.4) is 0 Å². The average Bonchev–Trinajstić information content (AvgIpc) is 2.04. The number of hydrogen-bond acceptors (Lipinski definition) is 3. The molecule has 0 heterocycles. The van der Waals surface area contributed by atoms with E-state index < -0.39 is 0 Å². The maximum atomic E-state index is 5.24. The van der Waals surface area contributed by atoms with Gasteiger partial charge in [-0.05, 0) is 13.8 Å². The van der Waals surface area contributed by atoms with Gasteiger partial charge in [0.15, 0.2) is 0 Å². The lowest BCUT2D eigenvalue weighted by atomic mass is 10.4. The molecule has 0 aliphatic heterocycles. The van der Waals surface area contributed by atoms with Gasteiger partial charge in [-0.15, -0.1) is 0 Å². The highest BCUT2D eigenvalue weighted by Crippen LogP contribution is 1.88. The molecule has 18 heavy (non-hydrogen) atoms. The topological polar surface area (TPSA) is 27.7 Å². The van der Waals surface area contributed by atoms with Crippen LogP contribution in [0.15, 0.2) is 0 Å². The van der Waals surface area contributed by atoms with Gasteiger partial charge in [0.2, 0.25) is 0 Å². The molecule has 0 aromatic rings. The molecule has 124 valence electrons. The van der Waals surface area contributed by atoms with Gasteiger partial charge in [-0.2, -0.15) is 0 Å². The monoisotopic (exact) mass is 274 g/mol. The first-order chi connectivity index (χ1) is 5.31. The minimum Gasteiger partial charge on any atom is -0.379 e. The fourth-order valence-electron chi connectivity index (χ4n) is 0.580. The van der Waals surface area contributed by atoms with Crippen LogP contribution in [0.4, 0.5) is 0 Å². The van der Waals surface area contributed by atoms with Gasteiger partial charge in [0.1, 0.15) is 0 Å². The van der Waals surface area contributed by atoms with Gasteiger partial charge >= 0.3 is 0 Å². The third-order valence-electron chi connectivity index (χ3n) is 1.33. The quantitative estimate of drug-likeness (QED) is 0.571. The Morgan fingerprint density at radius 1 is 0.778 bits per heavy atom. The molecule has 3 heteroatoms. The first-order valence-electron chi connectivity index (χ1n) is 3.99. The highest BCUT2D eigenvalue weighted by atomic mass is 16.5. The zero-order valence-corrected chi connectivity index (χ0v) is 7.63. The van der Waals surface area contributed by atoms with Crippen LogP contribution in [0.5, 0.6) is 0 Å². The van der Waals surface area contributed by atoms with Crippen molar-refractivity contribution in [3.63, 3.8) is 0 Å². The Balaban J connectivity index is -0.0000000238. The van der Waals surface area contributed by atoms with E-state index in [4.69, 9.17) is 14.2 Å². The van der Waals surface area contributed by atoms with Crippen LogP contribution in [-0.2, 0) is 14.2 Å². The van der Waals surface area contributed by atoms with Gasteiger partial charge in [0.25, 0.3) is 0 Å². The molecule has 0 N–H and O–H groups in total. The van der Waals surface area contributed by atoms with Crippen LogP contribution >= 0.6 is 0 Å². The van der Waals surface area contributed by atoms with Gasteiger partial charge in [-0.3, -0.25) is 0 Å². The molecule has 0 aliphatic rings. The summed E-state index contributed by atoms with van der Waals surface area (Å²) in [5.74, 6) is 0. The maximum Gasteiger partial charge on any atom is 0.0776 e. The van der Waals surface area contributed by atoms with E-state index >= 15 is 0 Å². The van der Waals surface area contributed by atoms with Gasteiger partial charge in [0.05, 0.1) is 25.9 Å². The molecular weight excluding hydrogens is 228 g/mol. The molecule has 0 aliphatic carbocycles. The molecule has 0 saturated heterocycles. The lowest BCUT2D eigenvalue weighted by Crippen LogP contribution is -2.16. The van der Waals surface area contributed by atoms with Crippen molar-refractivity contribution < 1.29 is 14.2 Å². The van der Waals surface area contributed by atoms with E-state index in [2.05, 4.69) is 0 Å². The number of hydrogen-bond donors (Lipinski definition) is 0. The summed E-state index contributed by atoms with van der Waals surface area (Å²) in [6.07, 6.45) is 0.177. The molecule has 0 spiro atoms. The molecule has 0 bridgehead atoms. The summed E-state index contributed by atoms with van der Waals surface area (Å²) in [6.45, 7) is 6.67. The fourth-order valence-corrected chi connectivity index (χ4v) is 0.580. The molecule has 1 unspecified atom stereocenters. The molecule has 3 nitrogen and oxygen atoms in total. The van der Waals surface area contributed by atoms with Crippen LogP contribution < -0.4 is 0 Å². The second kappa shape index (κ2) is 43.6. The maximum absolute atomic E-state index is 5.24. The first-order valence-corrected chi connectivity index (χ1v) is 3.99. The SMILES string of the molecule is C.C.C.C.C.C.C.CCOCCOCC(C)OC. The van der Waals surface area contributed by atoms with Crippen molar-refractivity contribution in [2.75, 3.05) is 33.5 Å². The number of methoxy groups -OCH3 is 1. The van der Waals surface area contributed by atoms with E-state index in [0.717, 1.165) is 6.61 Å². The fraction of sp³-hybridized carbons (Fsp3) is 1.00. The zero-order valence-electron chi connectivity index (χ0n) is 7.63. The Morgan fingerprint density at radius 2 is 1.17 bits per heavy atom. The van der Waals surface area contributed by atoms with Crippen LogP contribution in [0.2, 0.25) is 0 Å². The first kappa shape index (κ1) is 52.2. The van der Waals surface area contributed by atoms with E-state index in [1.807, 2.05) is 13.8 Å². The van der Waals surface area contributed by atoms with Gasteiger partial charge in [-0.25, -0.2) is 0 Å². The molecule has 1 atom stereocenters. The van der Waals surface area contributed by atoms with E-state index in [0.29, 0.717) is 19.8 Å². The Bertz CT molecular complexity index is 78.1. The van der Waals surface area contributed by atoms with Crippen molar-refractivity contribution in [3.8, 4) is 0 Å². The van der Waals surface area contributed by atoms with E-state index in [9.17, 15) is 0 Å². The van der Waals surface area contributed by atoms with Crippen LogP contribution in [-0.4, -0.2) is 39.6 Å². The smallest absolute Gasteiger partial charge is 0.0776 e. The predicted molar refractivity (Wildman–Crippen MR) is 90.9 cm³/mol. The van der Waals surface area contributed by atoms with Gasteiger partial charge < -0.3 is 14.2 Å². The highest BCUT2D eigenvalue weighted by Gasteiger charge is 1.97. The minimum absolute atomic E-state index is 0. The molecule has 0 rings (SSSR count). The van der Waals surface area contributed by atoms with Crippen molar-refractivity contribution in [2.24, 2.45) is 0 Å². The van der Waals surface area contributed by atoms with Crippen molar-refractivity contribution >= 4 is 0 Å². The van der Waals surface area contributed by atoms with E-state index in [-0.39, 0.29) is 58.1 Å². The molecule has 0 aromatic heterocycles. The third kappa shape index (κ3) is 44.6. The van der Waals surface area contributed by atoms with Crippen LogP contribution in [0, 0.1) is 0 Å². The lowest BCUT2D eigenvalue weighted by molar-refractivity contribution is -0.00461. The van der Waals surface area contributed by atoms with Gasteiger partial charge in [-0.1, -0.05) is 52.0 Å². The Hall–Kier alpha value is -0.120. The zero-order chi connectivity index (χ0) is 8.53. The Morgan fingerprint density at radius 3 is 1.50 bits per heavy atom. The van der Waals surface area contributed by atoms with E-state index in [1.165, 1.54) is 0 Å². The average molecular weight is 275 g/mol. The molecule has 0 amide bonds. The Labute approximate surface area is 120 Å². The number of rotatable bonds is 7. The lowest BCUT2D eigenvalue weighted by Gasteiger charge is -2.09. The standard InChI is InChI=1S/C8H18O3.7CH4/c1-4-10-5-6-11-7-8(2)9-3;;;;;;;/h8H,4-7H2,1-3H3;7*1H4. The van der Waals surface area contributed by atoms with Crippen LogP contribution in [0.1, 0.15) is 65.8 Å². The van der Waals surface area contributed by atoms with Crippen molar-refractivity contribution in [1.82, 2.24) is 0 Å². The molecule has 0 radical (unpaired) electrons. The third-order valence-corrected chi connectivity index (χ3v) is 1.33. The van der Waals surface area contributed by atoms with Crippen molar-refractivity contribution in [1.29, 1.82) is 0 Å². The highest BCUT2D eigenvalue weighted by molar-refractivity contribution is 4.43. The van der Waals surface area contributed by atoms with Crippen molar-refractivity contribution in [3.05, 3.63) is 0 Å². The molecule has 0 fully saturated rings. The summed E-state index contributed by atoms with van der Waals surface area (Å²) in [4.78, 5) is 0. The summed E-state index contributed by atoms with van der Waals surface area (Å²) >= 11 is 0. The largest absolute Gasteiger partial charge is 0.379 e. The van der Waals surface area contributed by atoms with Crippen LogP contribution in [0.25, 0.3) is 0 Å². The normalized spacial score (nSPS) is 8.17. The summed E-state index contributed by atoms with van der Waals surface area (Å²) < 4.78 is 15.3. The number of ether oxygens (including phenoxy) is 3.